The molecule has 0 aromatic rings. The zero-order chi connectivity index (χ0) is 14.4. The third-order valence-corrected chi connectivity index (χ3v) is 3.27. The molecule has 0 bridgehead atoms. The van der Waals surface area contributed by atoms with E-state index < -0.39 is 0 Å². The van der Waals surface area contributed by atoms with Gasteiger partial charge in [-0.2, -0.15) is 0 Å². The average molecular weight is 270 g/mol. The van der Waals surface area contributed by atoms with Crippen LogP contribution in [0.25, 0.3) is 0 Å². The summed E-state index contributed by atoms with van der Waals surface area (Å²) in [6.07, 6.45) is 0.850. The smallest absolute Gasteiger partial charge is 0.241 e. The second kappa shape index (κ2) is 7.45. The van der Waals surface area contributed by atoms with Crippen molar-refractivity contribution in [1.82, 2.24) is 20.4 Å². The van der Waals surface area contributed by atoms with Gasteiger partial charge < -0.3 is 20.4 Å². The van der Waals surface area contributed by atoms with Gasteiger partial charge in [0.15, 0.2) is 0 Å². The number of hydrogen-bond acceptors (Lipinski definition) is 4. The average Bonchev–Trinajstić information content (AvgIpc) is 2.38. The van der Waals surface area contributed by atoms with Gasteiger partial charge in [-0.05, 0) is 13.3 Å². The van der Waals surface area contributed by atoms with Crippen LogP contribution in [0, 0.1) is 0 Å². The standard InChI is InChI=1S/C13H26N4O2/c1-5-6-17(9-12(18)16(3)4)13(19)11-8-14-10(2)7-15-11/h10-11,14-15H,5-9H2,1-4H3. The highest BCUT2D eigenvalue weighted by Crippen LogP contribution is 2.02. The second-order valence-electron chi connectivity index (χ2n) is 5.32. The van der Waals surface area contributed by atoms with Gasteiger partial charge in [-0.15, -0.1) is 0 Å². The van der Waals surface area contributed by atoms with Crippen molar-refractivity contribution in [3.05, 3.63) is 0 Å². The van der Waals surface area contributed by atoms with Gasteiger partial charge in [0.2, 0.25) is 11.8 Å². The summed E-state index contributed by atoms with van der Waals surface area (Å²) in [5.74, 6) is -0.0320. The third-order valence-electron chi connectivity index (χ3n) is 3.27. The Morgan fingerprint density at radius 1 is 1.21 bits per heavy atom. The monoisotopic (exact) mass is 270 g/mol. The van der Waals surface area contributed by atoms with Crippen LogP contribution in [-0.4, -0.2) is 74.0 Å². The molecule has 0 spiro atoms. The molecule has 1 aliphatic heterocycles. The Hall–Kier alpha value is -1.14. The number of carbonyl (C=O) groups is 2. The summed E-state index contributed by atoms with van der Waals surface area (Å²) in [5.41, 5.74) is 0. The molecule has 0 saturated carbocycles. The molecule has 0 radical (unpaired) electrons. The number of likely N-dealkylation sites (N-methyl/N-ethyl adjacent to an activating group) is 1. The minimum absolute atomic E-state index is 0.0106. The molecule has 2 amide bonds. The summed E-state index contributed by atoms with van der Waals surface area (Å²) in [6.45, 7) is 6.26. The van der Waals surface area contributed by atoms with Crippen molar-refractivity contribution in [2.24, 2.45) is 0 Å². The lowest BCUT2D eigenvalue weighted by atomic mass is 10.1. The van der Waals surface area contributed by atoms with Crippen molar-refractivity contribution < 1.29 is 9.59 Å². The fourth-order valence-corrected chi connectivity index (χ4v) is 2.02. The molecular weight excluding hydrogens is 244 g/mol. The van der Waals surface area contributed by atoms with E-state index in [1.807, 2.05) is 6.92 Å². The van der Waals surface area contributed by atoms with E-state index in [1.165, 1.54) is 4.90 Å². The minimum atomic E-state index is -0.224. The lowest BCUT2D eigenvalue weighted by Crippen LogP contribution is -2.60. The molecule has 2 N–H and O–H groups in total. The van der Waals surface area contributed by atoms with Crippen molar-refractivity contribution in [2.75, 3.05) is 40.3 Å². The number of nitrogens with zero attached hydrogens (tertiary/aromatic N) is 2. The first-order chi connectivity index (χ1) is 8.95. The molecule has 19 heavy (non-hydrogen) atoms. The van der Waals surface area contributed by atoms with Crippen LogP contribution >= 0.6 is 0 Å². The molecule has 6 heteroatoms. The summed E-state index contributed by atoms with van der Waals surface area (Å²) in [5, 5.41) is 6.51. The van der Waals surface area contributed by atoms with Gasteiger partial charge in [-0.25, -0.2) is 0 Å². The fourth-order valence-electron chi connectivity index (χ4n) is 2.02. The topological polar surface area (TPSA) is 64.7 Å². The molecule has 6 nitrogen and oxygen atoms in total. The molecule has 1 aliphatic rings. The molecule has 1 heterocycles. The fraction of sp³-hybridized carbons (Fsp3) is 0.846. The van der Waals surface area contributed by atoms with Crippen molar-refractivity contribution in [3.63, 3.8) is 0 Å². The largest absolute Gasteiger partial charge is 0.347 e. The molecule has 2 atom stereocenters. The zero-order valence-electron chi connectivity index (χ0n) is 12.4. The van der Waals surface area contributed by atoms with Gasteiger partial charge >= 0.3 is 0 Å². The normalized spacial score (nSPS) is 22.9. The molecule has 1 saturated heterocycles. The first kappa shape index (κ1) is 15.9. The van der Waals surface area contributed by atoms with E-state index in [-0.39, 0.29) is 24.4 Å². The predicted octanol–water partition coefficient (Wildman–Crippen LogP) is -0.737. The summed E-state index contributed by atoms with van der Waals surface area (Å²) < 4.78 is 0. The number of carbonyl (C=O) groups excluding carboxylic acids is 2. The maximum Gasteiger partial charge on any atom is 0.241 e. The Morgan fingerprint density at radius 2 is 1.89 bits per heavy atom. The molecule has 110 valence electrons. The van der Waals surface area contributed by atoms with Crippen molar-refractivity contribution in [3.8, 4) is 0 Å². The highest BCUT2D eigenvalue weighted by atomic mass is 16.2. The van der Waals surface area contributed by atoms with E-state index in [0.29, 0.717) is 19.1 Å². The third kappa shape index (κ3) is 4.80. The van der Waals surface area contributed by atoms with Crippen molar-refractivity contribution in [2.45, 2.75) is 32.4 Å². The quantitative estimate of drug-likeness (QED) is 0.691. The Kier molecular flexibility index (Phi) is 6.24. The van der Waals surface area contributed by atoms with Gasteiger partial charge in [0.05, 0.1) is 12.6 Å². The van der Waals surface area contributed by atoms with E-state index >= 15 is 0 Å². The van der Waals surface area contributed by atoms with Gasteiger partial charge in [0, 0.05) is 39.8 Å². The molecule has 0 aromatic carbocycles. The van der Waals surface area contributed by atoms with Crippen molar-refractivity contribution >= 4 is 11.8 Å². The SMILES string of the molecule is CCCN(CC(=O)N(C)C)C(=O)C1CNC(C)CN1. The number of hydrogen-bond donors (Lipinski definition) is 2. The first-order valence-electron chi connectivity index (χ1n) is 6.91. The Morgan fingerprint density at radius 3 is 2.37 bits per heavy atom. The summed E-state index contributed by atoms with van der Waals surface area (Å²) in [4.78, 5) is 27.3. The van der Waals surface area contributed by atoms with Gasteiger partial charge in [-0.1, -0.05) is 6.92 Å². The summed E-state index contributed by atoms with van der Waals surface area (Å²) in [6, 6.07) is 0.157. The van der Waals surface area contributed by atoms with Crippen LogP contribution in [0.1, 0.15) is 20.3 Å². The van der Waals surface area contributed by atoms with Crippen LogP contribution in [0.15, 0.2) is 0 Å². The highest BCUT2D eigenvalue weighted by Gasteiger charge is 2.28. The van der Waals surface area contributed by atoms with E-state index in [2.05, 4.69) is 17.6 Å². The zero-order valence-corrected chi connectivity index (χ0v) is 12.4. The minimum Gasteiger partial charge on any atom is -0.347 e. The molecule has 1 rings (SSSR count). The second-order valence-corrected chi connectivity index (χ2v) is 5.32. The number of amides is 2. The summed E-state index contributed by atoms with van der Waals surface area (Å²) >= 11 is 0. The van der Waals surface area contributed by atoms with Crippen LogP contribution in [0.4, 0.5) is 0 Å². The van der Waals surface area contributed by atoms with Crippen LogP contribution in [0.3, 0.4) is 0 Å². The molecule has 0 aliphatic carbocycles. The maximum absolute atomic E-state index is 12.4. The Bertz CT molecular complexity index is 312. The molecule has 0 aromatic heterocycles. The van der Waals surface area contributed by atoms with E-state index in [0.717, 1.165) is 13.0 Å². The van der Waals surface area contributed by atoms with Gasteiger partial charge in [0.25, 0.3) is 0 Å². The van der Waals surface area contributed by atoms with Crippen LogP contribution in [0.5, 0.6) is 0 Å². The van der Waals surface area contributed by atoms with Crippen LogP contribution in [0.2, 0.25) is 0 Å². The Balaban J connectivity index is 2.59. The number of piperazine rings is 1. The first-order valence-corrected chi connectivity index (χ1v) is 6.91. The van der Waals surface area contributed by atoms with E-state index in [9.17, 15) is 9.59 Å². The summed E-state index contributed by atoms with van der Waals surface area (Å²) in [7, 11) is 3.41. The number of rotatable bonds is 5. The number of nitrogens with one attached hydrogen (secondary N) is 2. The van der Waals surface area contributed by atoms with Crippen LogP contribution < -0.4 is 10.6 Å². The lowest BCUT2D eigenvalue weighted by molar-refractivity contribution is -0.140. The molecule has 1 fully saturated rings. The maximum atomic E-state index is 12.4. The van der Waals surface area contributed by atoms with Gasteiger partial charge in [0.1, 0.15) is 0 Å². The van der Waals surface area contributed by atoms with E-state index in [1.54, 1.807) is 19.0 Å². The molecule has 2 unspecified atom stereocenters. The lowest BCUT2D eigenvalue weighted by Gasteiger charge is -2.32. The highest BCUT2D eigenvalue weighted by molar-refractivity contribution is 5.87. The Labute approximate surface area is 115 Å². The van der Waals surface area contributed by atoms with E-state index in [4.69, 9.17) is 0 Å². The molecular formula is C13H26N4O2. The van der Waals surface area contributed by atoms with Crippen molar-refractivity contribution in [1.29, 1.82) is 0 Å². The van der Waals surface area contributed by atoms with Crippen LogP contribution in [-0.2, 0) is 9.59 Å². The predicted molar refractivity (Wildman–Crippen MR) is 74.8 cm³/mol. The van der Waals surface area contributed by atoms with Gasteiger partial charge in [-0.3, -0.25) is 9.59 Å².